The zero-order valence-electron chi connectivity index (χ0n) is 26.8. The Morgan fingerprint density at radius 3 is 1.73 bits per heavy atom. The Labute approximate surface area is 284 Å². The first kappa shape index (κ1) is 28.7. The maximum atomic E-state index is 14.9. The third kappa shape index (κ3) is 4.45. The Morgan fingerprint density at radius 1 is 0.408 bits per heavy atom. The number of rotatable bonds is 5. The molecule has 0 radical (unpaired) electrons. The lowest BCUT2D eigenvalue weighted by atomic mass is 9.92. The molecule has 0 fully saturated rings. The summed E-state index contributed by atoms with van der Waals surface area (Å²) in [7, 11) is 0. The van der Waals surface area contributed by atoms with Crippen LogP contribution in [0.3, 0.4) is 0 Å². The van der Waals surface area contributed by atoms with Gasteiger partial charge in [-0.3, -0.25) is 9.59 Å². The summed E-state index contributed by atoms with van der Waals surface area (Å²) >= 11 is 0. The molecule has 0 aliphatic carbocycles. The van der Waals surface area contributed by atoms with Crippen LogP contribution in [0.2, 0.25) is 0 Å². The van der Waals surface area contributed by atoms with Crippen molar-refractivity contribution in [3.63, 3.8) is 0 Å². The number of aromatic nitrogens is 1. The predicted molar refractivity (Wildman–Crippen MR) is 199 cm³/mol. The smallest absolute Gasteiger partial charge is 0.268 e. The highest BCUT2D eigenvalue weighted by atomic mass is 16.2. The molecule has 232 valence electrons. The van der Waals surface area contributed by atoms with Gasteiger partial charge in [0.2, 0.25) is 0 Å². The number of aryl methyl sites for hydroxylation is 1. The zero-order valence-corrected chi connectivity index (χ0v) is 26.8. The second-order valence-electron chi connectivity index (χ2n) is 12.5. The van der Waals surface area contributed by atoms with E-state index in [9.17, 15) is 9.59 Å². The van der Waals surface area contributed by atoms with Gasteiger partial charge in [0.1, 0.15) is 0 Å². The molecule has 1 aliphatic rings. The second kappa shape index (κ2) is 11.3. The molecule has 0 unspecified atom stereocenters. The fraction of sp³-hybridized carbons (Fsp3) is 0.0222. The number of fused-ring (bicyclic) bond motifs is 4. The molecule has 7 aromatic carbocycles. The van der Waals surface area contributed by atoms with E-state index in [0.717, 1.165) is 55.2 Å². The van der Waals surface area contributed by atoms with E-state index in [1.54, 1.807) is 6.07 Å². The summed E-state index contributed by atoms with van der Waals surface area (Å²) in [6.45, 7) is 2.09. The van der Waals surface area contributed by atoms with Crippen LogP contribution in [0.1, 0.15) is 26.3 Å². The van der Waals surface area contributed by atoms with Crippen LogP contribution in [0, 0.1) is 6.92 Å². The van der Waals surface area contributed by atoms with Crippen molar-refractivity contribution in [2.75, 3.05) is 4.90 Å². The van der Waals surface area contributed by atoms with Crippen molar-refractivity contribution in [3.05, 3.63) is 180 Å². The average Bonchev–Trinajstić information content (AvgIpc) is 3.63. The summed E-state index contributed by atoms with van der Waals surface area (Å²) in [5, 5.41) is 2.17. The second-order valence-corrected chi connectivity index (χ2v) is 12.5. The molecular weight excluding hydrogens is 601 g/mol. The topological polar surface area (TPSA) is 42.3 Å². The molecule has 0 saturated heterocycles. The lowest BCUT2D eigenvalue weighted by molar-refractivity contribution is 0.0926. The van der Waals surface area contributed by atoms with E-state index in [1.807, 2.05) is 84.9 Å². The van der Waals surface area contributed by atoms with Crippen molar-refractivity contribution in [1.82, 2.24) is 4.57 Å². The number of carbonyl (C=O) groups excluding carboxylic acids is 2. The first-order chi connectivity index (χ1) is 24.1. The van der Waals surface area contributed by atoms with E-state index in [-0.39, 0.29) is 11.8 Å². The van der Waals surface area contributed by atoms with E-state index in [1.165, 1.54) is 10.5 Å². The Kier molecular flexibility index (Phi) is 6.63. The molecular formula is C45H30N2O2. The van der Waals surface area contributed by atoms with Crippen LogP contribution in [0.25, 0.3) is 60.9 Å². The first-order valence-electron chi connectivity index (χ1n) is 16.5. The number of hydrogen-bond acceptors (Lipinski definition) is 2. The van der Waals surface area contributed by atoms with E-state index >= 15 is 0 Å². The monoisotopic (exact) mass is 630 g/mol. The van der Waals surface area contributed by atoms with E-state index < -0.39 is 0 Å². The number of anilines is 1. The van der Waals surface area contributed by atoms with Gasteiger partial charge in [0.25, 0.3) is 11.8 Å². The molecule has 1 aromatic heterocycles. The third-order valence-electron chi connectivity index (χ3n) is 9.62. The van der Waals surface area contributed by atoms with Gasteiger partial charge in [-0.1, -0.05) is 145 Å². The molecule has 9 rings (SSSR count). The van der Waals surface area contributed by atoms with Crippen molar-refractivity contribution in [3.8, 4) is 39.1 Å². The Hall–Kier alpha value is -6.52. The molecule has 0 atom stereocenters. The van der Waals surface area contributed by atoms with Gasteiger partial charge in [0, 0.05) is 21.9 Å². The number of imide groups is 1. The fourth-order valence-electron chi connectivity index (χ4n) is 7.40. The van der Waals surface area contributed by atoms with Crippen molar-refractivity contribution in [2.45, 2.75) is 6.92 Å². The fourth-order valence-corrected chi connectivity index (χ4v) is 7.40. The van der Waals surface area contributed by atoms with Gasteiger partial charge in [-0.2, -0.15) is 0 Å². The lowest BCUT2D eigenvalue weighted by Gasteiger charge is -2.22. The highest BCUT2D eigenvalue weighted by Gasteiger charge is 2.41. The Bertz CT molecular complexity index is 2580. The molecule has 2 amide bonds. The molecule has 2 heterocycles. The maximum Gasteiger partial charge on any atom is 0.268 e. The maximum absolute atomic E-state index is 14.9. The molecule has 4 nitrogen and oxygen atoms in total. The number of benzene rings is 7. The molecule has 0 N–H and O–H groups in total. The number of para-hydroxylation sites is 2. The van der Waals surface area contributed by atoms with Crippen LogP contribution in [0.15, 0.2) is 164 Å². The van der Waals surface area contributed by atoms with Gasteiger partial charge >= 0.3 is 0 Å². The SMILES string of the molecule is Cc1ccc(-c2cccc3c4ccccc4n(-c4cccc5c4C(=O)N(c4cccc(-c6ccccc6)c4-c4ccccc4)C5=O)c23)cc1. The molecule has 49 heavy (non-hydrogen) atoms. The van der Waals surface area contributed by atoms with Crippen molar-refractivity contribution < 1.29 is 9.59 Å². The van der Waals surface area contributed by atoms with Crippen LogP contribution in [0.4, 0.5) is 5.69 Å². The molecule has 0 saturated carbocycles. The van der Waals surface area contributed by atoms with Gasteiger partial charge in [0.05, 0.1) is 33.5 Å². The summed E-state index contributed by atoms with van der Waals surface area (Å²) in [5.74, 6) is -0.666. The summed E-state index contributed by atoms with van der Waals surface area (Å²) in [5.41, 5.74) is 11.1. The van der Waals surface area contributed by atoms with Crippen LogP contribution >= 0.6 is 0 Å². The standard InChI is InChI=1S/C45H30N2O2/c1-29-25-27-31(28-26-29)34-19-10-20-36-35-17-8-9-22-38(35)46(43(34)36)40-24-12-21-37-42(40)45(49)47(44(37)48)39-23-11-18-33(30-13-4-2-5-14-30)41(39)32-15-6-3-7-16-32/h2-28H,1H3. The quantitative estimate of drug-likeness (QED) is 0.178. The van der Waals surface area contributed by atoms with Crippen molar-refractivity contribution in [2.24, 2.45) is 0 Å². The minimum atomic E-state index is -0.336. The molecule has 0 spiro atoms. The number of amides is 2. The number of carbonyl (C=O) groups is 2. The molecule has 8 aromatic rings. The average molecular weight is 631 g/mol. The Balaban J connectivity index is 1.29. The largest absolute Gasteiger partial charge is 0.308 e. The van der Waals surface area contributed by atoms with E-state index in [4.69, 9.17) is 0 Å². The summed E-state index contributed by atoms with van der Waals surface area (Å²) in [6, 6.07) is 54.7. The van der Waals surface area contributed by atoms with Gasteiger partial charge in [-0.25, -0.2) is 4.90 Å². The van der Waals surface area contributed by atoms with Gasteiger partial charge in [-0.15, -0.1) is 0 Å². The molecule has 1 aliphatic heterocycles. The molecule has 4 heteroatoms. The summed E-state index contributed by atoms with van der Waals surface area (Å²) in [4.78, 5) is 30.8. The van der Waals surface area contributed by atoms with Crippen molar-refractivity contribution >= 4 is 39.3 Å². The normalized spacial score (nSPS) is 12.6. The third-order valence-corrected chi connectivity index (χ3v) is 9.62. The van der Waals surface area contributed by atoms with Crippen LogP contribution < -0.4 is 4.90 Å². The summed E-state index contributed by atoms with van der Waals surface area (Å²) in [6.07, 6.45) is 0. The highest BCUT2D eigenvalue weighted by molar-refractivity contribution is 6.37. The number of hydrogen-bond donors (Lipinski definition) is 0. The minimum Gasteiger partial charge on any atom is -0.308 e. The summed E-state index contributed by atoms with van der Waals surface area (Å²) < 4.78 is 2.17. The van der Waals surface area contributed by atoms with Gasteiger partial charge < -0.3 is 4.57 Å². The predicted octanol–water partition coefficient (Wildman–Crippen LogP) is 10.9. The molecule has 0 bridgehead atoms. The minimum absolute atomic E-state index is 0.330. The van der Waals surface area contributed by atoms with Crippen molar-refractivity contribution in [1.29, 1.82) is 0 Å². The highest BCUT2D eigenvalue weighted by Crippen LogP contribution is 2.45. The number of nitrogens with zero attached hydrogens (tertiary/aromatic N) is 2. The van der Waals surface area contributed by atoms with E-state index in [2.05, 4.69) is 84.3 Å². The zero-order chi connectivity index (χ0) is 33.1. The lowest BCUT2D eigenvalue weighted by Crippen LogP contribution is -2.30. The van der Waals surface area contributed by atoms with Gasteiger partial charge in [0.15, 0.2) is 0 Å². The van der Waals surface area contributed by atoms with Crippen LogP contribution in [0.5, 0.6) is 0 Å². The Morgan fingerprint density at radius 2 is 0.980 bits per heavy atom. The van der Waals surface area contributed by atoms with Crippen LogP contribution in [-0.2, 0) is 0 Å². The van der Waals surface area contributed by atoms with Crippen LogP contribution in [-0.4, -0.2) is 16.4 Å². The van der Waals surface area contributed by atoms with Gasteiger partial charge in [-0.05, 0) is 53.4 Å². The first-order valence-corrected chi connectivity index (χ1v) is 16.5. The van der Waals surface area contributed by atoms with E-state index in [0.29, 0.717) is 22.5 Å².